The third kappa shape index (κ3) is 6.76. The summed E-state index contributed by atoms with van der Waals surface area (Å²) in [5.41, 5.74) is 0. The van der Waals surface area contributed by atoms with Crippen LogP contribution in [0.3, 0.4) is 0 Å². The predicted octanol–water partition coefficient (Wildman–Crippen LogP) is 0.831. The van der Waals surface area contributed by atoms with E-state index in [0.717, 1.165) is 12.8 Å². The molecule has 0 radical (unpaired) electrons. The van der Waals surface area contributed by atoms with Crippen molar-refractivity contribution in [2.24, 2.45) is 0 Å². The van der Waals surface area contributed by atoms with Gasteiger partial charge in [-0.25, -0.2) is 4.57 Å². The summed E-state index contributed by atoms with van der Waals surface area (Å²) in [4.78, 5) is 16.9. The molecule has 12 heavy (non-hydrogen) atoms. The lowest BCUT2D eigenvalue weighted by atomic mass is 10.2. The second-order valence-corrected chi connectivity index (χ2v) is 3.71. The highest BCUT2D eigenvalue weighted by atomic mass is 31.2. The number of rotatable bonds is 6. The largest absolute Gasteiger partial charge is 0.471 e. The van der Waals surface area contributed by atoms with Crippen LogP contribution in [-0.4, -0.2) is 23.1 Å². The van der Waals surface area contributed by atoms with Crippen LogP contribution in [0.25, 0.3) is 0 Å². The molecule has 1 atom stereocenters. The Bertz CT molecular complexity index is 158. The second kappa shape index (κ2) is 5.67. The average molecular weight is 197 g/mol. The second-order valence-electron chi connectivity index (χ2n) is 2.52. The van der Waals surface area contributed by atoms with Crippen LogP contribution in [0.5, 0.6) is 0 Å². The molecule has 3 N–H and O–H groups in total. The van der Waals surface area contributed by atoms with Gasteiger partial charge in [-0.15, -0.1) is 0 Å². The SMILES string of the molecule is CCCCC(NC)OP(=O)(O)O. The molecule has 0 saturated carbocycles. The molecule has 0 aromatic carbocycles. The molecule has 0 fully saturated rings. The van der Waals surface area contributed by atoms with Crippen molar-refractivity contribution in [3.8, 4) is 0 Å². The summed E-state index contributed by atoms with van der Waals surface area (Å²) in [6.45, 7) is 2.00. The first-order valence-electron chi connectivity index (χ1n) is 3.90. The Morgan fingerprint density at radius 2 is 2.17 bits per heavy atom. The molecule has 0 spiro atoms. The summed E-state index contributed by atoms with van der Waals surface area (Å²) in [6, 6.07) is 0. The quantitative estimate of drug-likeness (QED) is 0.434. The molecule has 0 saturated heterocycles. The van der Waals surface area contributed by atoms with E-state index in [1.807, 2.05) is 6.92 Å². The van der Waals surface area contributed by atoms with Crippen LogP contribution >= 0.6 is 7.82 Å². The molecular weight excluding hydrogens is 181 g/mol. The Labute approximate surface area is 72.4 Å². The van der Waals surface area contributed by atoms with Crippen molar-refractivity contribution in [1.82, 2.24) is 5.32 Å². The van der Waals surface area contributed by atoms with Gasteiger partial charge < -0.3 is 9.79 Å². The first-order chi connectivity index (χ1) is 5.49. The highest BCUT2D eigenvalue weighted by Gasteiger charge is 2.19. The molecule has 0 rings (SSSR count). The Balaban J connectivity index is 3.75. The van der Waals surface area contributed by atoms with Crippen LogP contribution in [0.4, 0.5) is 0 Å². The van der Waals surface area contributed by atoms with Crippen LogP contribution < -0.4 is 5.32 Å². The third-order valence-corrected chi connectivity index (χ3v) is 1.94. The van der Waals surface area contributed by atoms with Gasteiger partial charge in [-0.3, -0.25) is 9.84 Å². The van der Waals surface area contributed by atoms with E-state index in [2.05, 4.69) is 9.84 Å². The minimum absolute atomic E-state index is 0.550. The van der Waals surface area contributed by atoms with Crippen LogP contribution in [-0.2, 0) is 9.09 Å². The molecule has 0 amide bonds. The highest BCUT2D eigenvalue weighted by Crippen LogP contribution is 2.37. The van der Waals surface area contributed by atoms with E-state index in [-0.39, 0.29) is 0 Å². The summed E-state index contributed by atoms with van der Waals surface area (Å²) in [5, 5.41) is 2.68. The van der Waals surface area contributed by atoms with Crippen molar-refractivity contribution in [2.45, 2.75) is 32.4 Å². The van der Waals surface area contributed by atoms with Gasteiger partial charge in [-0.1, -0.05) is 13.3 Å². The standard InChI is InChI=1S/C6H16NO4P/c1-3-4-5-6(7-2)11-12(8,9)10/h6-7H,3-5H2,1-2H3,(H2,8,9,10). The maximum absolute atomic E-state index is 10.4. The molecule has 74 valence electrons. The van der Waals surface area contributed by atoms with Crippen molar-refractivity contribution in [1.29, 1.82) is 0 Å². The number of hydrogen-bond acceptors (Lipinski definition) is 3. The third-order valence-electron chi connectivity index (χ3n) is 1.41. The maximum Gasteiger partial charge on any atom is 0.471 e. The summed E-state index contributed by atoms with van der Waals surface area (Å²) < 4.78 is 14.8. The van der Waals surface area contributed by atoms with Crippen molar-refractivity contribution in [3.05, 3.63) is 0 Å². The lowest BCUT2D eigenvalue weighted by molar-refractivity contribution is 0.106. The van der Waals surface area contributed by atoms with Crippen LogP contribution in [0.15, 0.2) is 0 Å². The van der Waals surface area contributed by atoms with E-state index >= 15 is 0 Å². The molecule has 0 aromatic heterocycles. The zero-order chi connectivity index (χ0) is 9.61. The van der Waals surface area contributed by atoms with Crippen LogP contribution in [0.1, 0.15) is 26.2 Å². The van der Waals surface area contributed by atoms with Crippen molar-refractivity contribution in [2.75, 3.05) is 7.05 Å². The van der Waals surface area contributed by atoms with E-state index < -0.39 is 14.1 Å². The fourth-order valence-corrected chi connectivity index (χ4v) is 1.35. The first-order valence-corrected chi connectivity index (χ1v) is 5.44. The first kappa shape index (κ1) is 12.1. The number of phosphoric acid groups is 1. The van der Waals surface area contributed by atoms with Gasteiger partial charge >= 0.3 is 7.82 Å². The minimum Gasteiger partial charge on any atom is -0.303 e. The number of unbranched alkanes of at least 4 members (excludes halogenated alkanes) is 1. The van der Waals surface area contributed by atoms with Crippen molar-refractivity contribution < 1.29 is 18.9 Å². The summed E-state index contributed by atoms with van der Waals surface area (Å²) in [6.07, 6.45) is 1.91. The molecule has 0 heterocycles. The predicted molar refractivity (Wildman–Crippen MR) is 45.5 cm³/mol. The Hall–Kier alpha value is 0.0700. The van der Waals surface area contributed by atoms with Gasteiger partial charge in [0.2, 0.25) is 0 Å². The summed E-state index contributed by atoms with van der Waals surface area (Å²) >= 11 is 0. The van der Waals surface area contributed by atoms with E-state index in [4.69, 9.17) is 9.79 Å². The molecule has 5 nitrogen and oxygen atoms in total. The van der Waals surface area contributed by atoms with Crippen LogP contribution in [0.2, 0.25) is 0 Å². The lowest BCUT2D eigenvalue weighted by Crippen LogP contribution is -2.27. The zero-order valence-corrected chi connectivity index (χ0v) is 8.25. The van der Waals surface area contributed by atoms with E-state index in [1.54, 1.807) is 7.05 Å². The Morgan fingerprint density at radius 3 is 2.50 bits per heavy atom. The molecule has 1 unspecified atom stereocenters. The van der Waals surface area contributed by atoms with E-state index in [0.29, 0.717) is 6.42 Å². The monoisotopic (exact) mass is 197 g/mol. The smallest absolute Gasteiger partial charge is 0.303 e. The molecule has 0 aromatic rings. The van der Waals surface area contributed by atoms with Gasteiger partial charge in [0.1, 0.15) is 6.23 Å². The fourth-order valence-electron chi connectivity index (χ4n) is 0.805. The normalized spacial score (nSPS) is 14.7. The molecule has 0 aliphatic carbocycles. The maximum atomic E-state index is 10.4. The number of hydrogen-bond donors (Lipinski definition) is 3. The van der Waals surface area contributed by atoms with Gasteiger partial charge in [0.05, 0.1) is 0 Å². The van der Waals surface area contributed by atoms with E-state index in [1.165, 1.54) is 0 Å². The fraction of sp³-hybridized carbons (Fsp3) is 1.00. The molecule has 6 heteroatoms. The Kier molecular flexibility index (Phi) is 5.70. The lowest BCUT2D eigenvalue weighted by Gasteiger charge is -2.16. The van der Waals surface area contributed by atoms with Gasteiger partial charge in [0, 0.05) is 0 Å². The number of nitrogens with one attached hydrogen (secondary N) is 1. The molecule has 0 aliphatic rings. The topological polar surface area (TPSA) is 78.8 Å². The van der Waals surface area contributed by atoms with Crippen molar-refractivity contribution >= 4 is 7.82 Å². The van der Waals surface area contributed by atoms with Crippen molar-refractivity contribution in [3.63, 3.8) is 0 Å². The summed E-state index contributed by atoms with van der Waals surface area (Å²) in [5.74, 6) is 0. The summed E-state index contributed by atoms with van der Waals surface area (Å²) in [7, 11) is -2.73. The van der Waals surface area contributed by atoms with Gasteiger partial charge in [0.15, 0.2) is 0 Å². The minimum atomic E-state index is -4.34. The molecule has 0 bridgehead atoms. The zero-order valence-electron chi connectivity index (χ0n) is 7.36. The average Bonchev–Trinajstić information content (AvgIpc) is 1.95. The van der Waals surface area contributed by atoms with Gasteiger partial charge in [-0.2, -0.15) is 0 Å². The molecule has 0 aliphatic heterocycles. The van der Waals surface area contributed by atoms with Crippen LogP contribution in [0, 0.1) is 0 Å². The number of phosphoric ester groups is 1. The Morgan fingerprint density at radius 1 is 1.58 bits per heavy atom. The highest BCUT2D eigenvalue weighted by molar-refractivity contribution is 7.46. The van der Waals surface area contributed by atoms with Gasteiger partial charge in [0.25, 0.3) is 0 Å². The van der Waals surface area contributed by atoms with Gasteiger partial charge in [-0.05, 0) is 19.9 Å². The van der Waals surface area contributed by atoms with E-state index in [9.17, 15) is 4.57 Å². The molecular formula is C6H16NO4P.